The number of unbranched alkanes of at least 4 members (excludes halogenated alkanes) is 2. The summed E-state index contributed by atoms with van der Waals surface area (Å²) in [5.74, 6) is 2.04. The number of hydrogen-bond acceptors (Lipinski definition) is 2. The fourth-order valence-corrected chi connectivity index (χ4v) is 3.09. The van der Waals surface area contributed by atoms with Crippen molar-refractivity contribution in [2.45, 2.75) is 72.3 Å². The zero-order valence-electron chi connectivity index (χ0n) is 16.1. The van der Waals surface area contributed by atoms with Crippen molar-refractivity contribution in [3.05, 3.63) is 30.1 Å². The number of benzene rings is 1. The Labute approximate surface area is 152 Å². The van der Waals surface area contributed by atoms with E-state index in [0.29, 0.717) is 12.3 Å². The van der Waals surface area contributed by atoms with Crippen LogP contribution in [0.3, 0.4) is 0 Å². The maximum Gasteiger partial charge on any atom is 0.219 e. The van der Waals surface area contributed by atoms with Gasteiger partial charge in [0, 0.05) is 25.9 Å². The summed E-state index contributed by atoms with van der Waals surface area (Å²) in [5, 5.41) is 2.99. The Bertz CT molecular complexity index is 662. The Kier molecular flexibility index (Phi) is 7.96. The van der Waals surface area contributed by atoms with E-state index in [4.69, 9.17) is 4.98 Å². The number of nitrogens with one attached hydrogen (secondary N) is 1. The average molecular weight is 344 g/mol. The highest BCUT2D eigenvalue weighted by Gasteiger charge is 2.12. The number of hydrogen-bond donors (Lipinski definition) is 1. The number of fused-ring (bicyclic) bond motifs is 1. The van der Waals surface area contributed by atoms with Crippen molar-refractivity contribution in [1.29, 1.82) is 0 Å². The van der Waals surface area contributed by atoms with Crippen LogP contribution in [0.1, 0.15) is 65.1 Å². The SMILES string of the molecule is CCCC(=O)NCCCCCc1nc2ccccc2n1CC(C)CC. The molecule has 0 fully saturated rings. The molecule has 1 N–H and O–H groups in total. The van der Waals surface area contributed by atoms with Gasteiger partial charge < -0.3 is 9.88 Å². The molecule has 2 aromatic rings. The van der Waals surface area contributed by atoms with Gasteiger partial charge in [0.1, 0.15) is 5.82 Å². The lowest BCUT2D eigenvalue weighted by Gasteiger charge is -2.14. The summed E-state index contributed by atoms with van der Waals surface area (Å²) in [7, 11) is 0. The molecule has 0 radical (unpaired) electrons. The van der Waals surface area contributed by atoms with Crippen LogP contribution in [0.25, 0.3) is 11.0 Å². The first-order chi connectivity index (χ1) is 12.2. The number of rotatable bonds is 11. The monoisotopic (exact) mass is 343 g/mol. The molecule has 0 aliphatic heterocycles. The Morgan fingerprint density at radius 1 is 1.20 bits per heavy atom. The van der Waals surface area contributed by atoms with Gasteiger partial charge in [-0.25, -0.2) is 4.98 Å². The number of aryl methyl sites for hydroxylation is 1. The second-order valence-electron chi connectivity index (χ2n) is 7.05. The Balaban J connectivity index is 1.87. The standard InChI is InChI=1S/C21H33N3O/c1-4-11-21(25)22-15-10-6-7-14-20-23-18-12-8-9-13-19(18)24(20)16-17(3)5-2/h8-9,12-13,17H,4-7,10-11,14-16H2,1-3H3,(H,22,25). The number of amides is 1. The smallest absolute Gasteiger partial charge is 0.219 e. The van der Waals surface area contributed by atoms with Crippen LogP contribution in [-0.2, 0) is 17.8 Å². The summed E-state index contributed by atoms with van der Waals surface area (Å²) in [5.41, 5.74) is 2.36. The van der Waals surface area contributed by atoms with Gasteiger partial charge in [-0.2, -0.15) is 0 Å². The number of carbonyl (C=O) groups excluding carboxylic acids is 1. The number of para-hydroxylation sites is 2. The van der Waals surface area contributed by atoms with Gasteiger partial charge in [0.25, 0.3) is 0 Å². The zero-order chi connectivity index (χ0) is 18.1. The summed E-state index contributed by atoms with van der Waals surface area (Å²) < 4.78 is 2.41. The normalized spacial score (nSPS) is 12.4. The van der Waals surface area contributed by atoms with Crippen molar-refractivity contribution < 1.29 is 4.79 Å². The van der Waals surface area contributed by atoms with E-state index in [2.05, 4.69) is 48.0 Å². The van der Waals surface area contributed by atoms with Crippen molar-refractivity contribution in [3.63, 3.8) is 0 Å². The zero-order valence-corrected chi connectivity index (χ0v) is 16.1. The molecule has 4 nitrogen and oxygen atoms in total. The van der Waals surface area contributed by atoms with E-state index in [0.717, 1.165) is 50.7 Å². The predicted molar refractivity (Wildman–Crippen MR) is 105 cm³/mol. The molecule has 1 amide bonds. The topological polar surface area (TPSA) is 46.9 Å². The van der Waals surface area contributed by atoms with Crippen molar-refractivity contribution in [1.82, 2.24) is 14.9 Å². The van der Waals surface area contributed by atoms with Crippen molar-refractivity contribution in [2.24, 2.45) is 5.92 Å². The van der Waals surface area contributed by atoms with E-state index in [1.165, 1.54) is 17.8 Å². The molecule has 0 bridgehead atoms. The highest BCUT2D eigenvalue weighted by atomic mass is 16.1. The van der Waals surface area contributed by atoms with Crippen LogP contribution in [0.5, 0.6) is 0 Å². The molecule has 1 unspecified atom stereocenters. The number of nitrogens with zero attached hydrogens (tertiary/aromatic N) is 2. The number of imidazole rings is 1. The molecule has 1 heterocycles. The van der Waals surface area contributed by atoms with Gasteiger partial charge in [-0.3, -0.25) is 4.79 Å². The predicted octanol–water partition coefficient (Wildman–Crippen LogP) is 4.71. The first kappa shape index (κ1) is 19.5. The molecule has 138 valence electrons. The molecule has 0 spiro atoms. The third kappa shape index (κ3) is 5.87. The molecular formula is C21H33N3O. The van der Waals surface area contributed by atoms with Crippen LogP contribution in [0.2, 0.25) is 0 Å². The van der Waals surface area contributed by atoms with Gasteiger partial charge in [-0.05, 0) is 37.3 Å². The summed E-state index contributed by atoms with van der Waals surface area (Å²) in [6.07, 6.45) is 7.03. The maximum atomic E-state index is 11.4. The van der Waals surface area contributed by atoms with Crippen LogP contribution in [0.4, 0.5) is 0 Å². The Morgan fingerprint density at radius 2 is 2.00 bits per heavy atom. The minimum absolute atomic E-state index is 0.179. The van der Waals surface area contributed by atoms with E-state index < -0.39 is 0 Å². The van der Waals surface area contributed by atoms with E-state index in [9.17, 15) is 4.79 Å². The van der Waals surface area contributed by atoms with E-state index in [1.54, 1.807) is 0 Å². The third-order valence-corrected chi connectivity index (χ3v) is 4.80. The van der Waals surface area contributed by atoms with Gasteiger partial charge in [-0.1, -0.05) is 45.7 Å². The quantitative estimate of drug-likeness (QED) is 0.601. The molecule has 2 rings (SSSR count). The largest absolute Gasteiger partial charge is 0.356 e. The molecule has 25 heavy (non-hydrogen) atoms. The first-order valence-corrected chi connectivity index (χ1v) is 9.86. The Morgan fingerprint density at radius 3 is 2.76 bits per heavy atom. The summed E-state index contributed by atoms with van der Waals surface area (Å²) in [6, 6.07) is 8.44. The van der Waals surface area contributed by atoms with Crippen LogP contribution >= 0.6 is 0 Å². The fraction of sp³-hybridized carbons (Fsp3) is 0.619. The summed E-state index contributed by atoms with van der Waals surface area (Å²) in [4.78, 5) is 16.3. The lowest BCUT2D eigenvalue weighted by Crippen LogP contribution is -2.23. The third-order valence-electron chi connectivity index (χ3n) is 4.80. The molecule has 1 atom stereocenters. The van der Waals surface area contributed by atoms with E-state index >= 15 is 0 Å². The molecule has 4 heteroatoms. The summed E-state index contributed by atoms with van der Waals surface area (Å²) in [6.45, 7) is 8.42. The van der Waals surface area contributed by atoms with E-state index in [-0.39, 0.29) is 5.91 Å². The number of aromatic nitrogens is 2. The number of carbonyl (C=O) groups is 1. The van der Waals surface area contributed by atoms with Crippen LogP contribution < -0.4 is 5.32 Å². The van der Waals surface area contributed by atoms with Crippen molar-refractivity contribution in [3.8, 4) is 0 Å². The van der Waals surface area contributed by atoms with Gasteiger partial charge in [0.05, 0.1) is 11.0 Å². The summed E-state index contributed by atoms with van der Waals surface area (Å²) >= 11 is 0. The molecule has 1 aromatic carbocycles. The van der Waals surface area contributed by atoms with Crippen LogP contribution in [0.15, 0.2) is 24.3 Å². The van der Waals surface area contributed by atoms with E-state index in [1.807, 2.05) is 6.92 Å². The van der Waals surface area contributed by atoms with Crippen molar-refractivity contribution >= 4 is 16.9 Å². The lowest BCUT2D eigenvalue weighted by atomic mass is 10.1. The molecule has 0 saturated carbocycles. The van der Waals surface area contributed by atoms with Crippen molar-refractivity contribution in [2.75, 3.05) is 6.54 Å². The minimum Gasteiger partial charge on any atom is -0.356 e. The highest BCUT2D eigenvalue weighted by Crippen LogP contribution is 2.20. The second kappa shape index (κ2) is 10.2. The van der Waals surface area contributed by atoms with Gasteiger partial charge >= 0.3 is 0 Å². The lowest BCUT2D eigenvalue weighted by molar-refractivity contribution is -0.121. The van der Waals surface area contributed by atoms with Crippen LogP contribution in [0, 0.1) is 5.92 Å². The van der Waals surface area contributed by atoms with Gasteiger partial charge in [0.15, 0.2) is 0 Å². The average Bonchev–Trinajstić information content (AvgIpc) is 2.95. The van der Waals surface area contributed by atoms with Gasteiger partial charge in [-0.15, -0.1) is 0 Å². The minimum atomic E-state index is 0.179. The molecule has 0 aliphatic carbocycles. The van der Waals surface area contributed by atoms with Gasteiger partial charge in [0.2, 0.25) is 5.91 Å². The highest BCUT2D eigenvalue weighted by molar-refractivity contribution is 5.76. The molecule has 0 saturated heterocycles. The van der Waals surface area contributed by atoms with Crippen LogP contribution in [-0.4, -0.2) is 22.0 Å². The Hall–Kier alpha value is -1.84. The molecule has 1 aromatic heterocycles. The second-order valence-corrected chi connectivity index (χ2v) is 7.05. The maximum absolute atomic E-state index is 11.4. The molecule has 0 aliphatic rings. The molecular weight excluding hydrogens is 310 g/mol. The fourth-order valence-electron chi connectivity index (χ4n) is 3.09. The first-order valence-electron chi connectivity index (χ1n) is 9.86.